The first-order chi connectivity index (χ1) is 6.74. The zero-order valence-electron chi connectivity index (χ0n) is 10.4. The van der Waals surface area contributed by atoms with E-state index in [0.717, 1.165) is 12.3 Å². The summed E-state index contributed by atoms with van der Waals surface area (Å²) in [5.41, 5.74) is 0. The van der Waals surface area contributed by atoms with Gasteiger partial charge in [-0.25, -0.2) is 0 Å². The van der Waals surface area contributed by atoms with Crippen molar-refractivity contribution in [2.45, 2.75) is 47.0 Å². The molecule has 1 atom stereocenters. The standard InChI is InChI=1S/C8H17N.C5H10/c1-3-9-6-4-5-8(2)7-9;1-3-5-4-2/h8H,3-7H2,1-2H3;3,5H,4H2,1-2H3/b;5-3+/t8-;/m1./s1. The molecule has 84 valence electrons. The van der Waals surface area contributed by atoms with Crippen LogP contribution in [0.25, 0.3) is 0 Å². The van der Waals surface area contributed by atoms with Gasteiger partial charge in [0.25, 0.3) is 0 Å². The van der Waals surface area contributed by atoms with Crippen LogP contribution in [0.2, 0.25) is 0 Å². The molecule has 1 heterocycles. The van der Waals surface area contributed by atoms with Crippen molar-refractivity contribution < 1.29 is 0 Å². The van der Waals surface area contributed by atoms with Crippen molar-refractivity contribution in [1.82, 2.24) is 4.90 Å². The van der Waals surface area contributed by atoms with Crippen LogP contribution < -0.4 is 0 Å². The number of rotatable bonds is 2. The first-order valence-corrected chi connectivity index (χ1v) is 6.08. The Morgan fingerprint density at radius 3 is 2.36 bits per heavy atom. The van der Waals surface area contributed by atoms with Crippen molar-refractivity contribution in [3.63, 3.8) is 0 Å². The van der Waals surface area contributed by atoms with Crippen molar-refractivity contribution in [2.75, 3.05) is 19.6 Å². The fourth-order valence-electron chi connectivity index (χ4n) is 1.81. The van der Waals surface area contributed by atoms with Crippen LogP contribution in [0.3, 0.4) is 0 Å². The monoisotopic (exact) mass is 197 g/mol. The summed E-state index contributed by atoms with van der Waals surface area (Å²) in [6.07, 6.45) is 8.20. The van der Waals surface area contributed by atoms with Gasteiger partial charge in [-0.3, -0.25) is 0 Å². The predicted molar refractivity (Wildman–Crippen MR) is 65.6 cm³/mol. The maximum Gasteiger partial charge on any atom is 0.000691 e. The maximum absolute atomic E-state index is 2.54. The van der Waals surface area contributed by atoms with E-state index in [1.165, 1.54) is 32.5 Å². The minimum absolute atomic E-state index is 0.943. The molecule has 0 aromatic carbocycles. The number of hydrogen-bond acceptors (Lipinski definition) is 1. The van der Waals surface area contributed by atoms with Gasteiger partial charge in [-0.05, 0) is 45.2 Å². The van der Waals surface area contributed by atoms with Gasteiger partial charge < -0.3 is 4.90 Å². The summed E-state index contributed by atoms with van der Waals surface area (Å²) < 4.78 is 0. The predicted octanol–water partition coefficient (Wildman–Crippen LogP) is 3.71. The lowest BCUT2D eigenvalue weighted by Crippen LogP contribution is -2.33. The normalized spacial score (nSPS) is 23.3. The molecule has 0 N–H and O–H groups in total. The Morgan fingerprint density at radius 2 is 2.07 bits per heavy atom. The second-order valence-corrected chi connectivity index (χ2v) is 4.12. The van der Waals surface area contributed by atoms with Gasteiger partial charge in [0.05, 0.1) is 0 Å². The third-order valence-corrected chi connectivity index (χ3v) is 2.66. The van der Waals surface area contributed by atoms with Gasteiger partial charge in [-0.1, -0.05) is 32.9 Å². The van der Waals surface area contributed by atoms with Gasteiger partial charge in [0.15, 0.2) is 0 Å². The highest BCUT2D eigenvalue weighted by Gasteiger charge is 2.13. The average molecular weight is 197 g/mol. The van der Waals surface area contributed by atoms with Crippen LogP contribution >= 0.6 is 0 Å². The molecular weight excluding hydrogens is 170 g/mol. The van der Waals surface area contributed by atoms with Crippen LogP contribution in [0.1, 0.15) is 47.0 Å². The van der Waals surface area contributed by atoms with E-state index in [1.54, 1.807) is 0 Å². The summed E-state index contributed by atoms with van der Waals surface area (Å²) in [4.78, 5) is 2.54. The van der Waals surface area contributed by atoms with Crippen LogP contribution in [0.15, 0.2) is 12.2 Å². The molecule has 14 heavy (non-hydrogen) atoms. The molecule has 1 aliphatic heterocycles. The Kier molecular flexibility index (Phi) is 9.06. The molecular formula is C13H27N. The minimum Gasteiger partial charge on any atom is -0.303 e. The third-order valence-electron chi connectivity index (χ3n) is 2.66. The van der Waals surface area contributed by atoms with Crippen molar-refractivity contribution >= 4 is 0 Å². The Balaban J connectivity index is 0.000000292. The number of allylic oxidation sites excluding steroid dienone is 2. The topological polar surface area (TPSA) is 3.24 Å². The molecule has 0 saturated carbocycles. The summed E-state index contributed by atoms with van der Waals surface area (Å²) in [6.45, 7) is 12.7. The van der Waals surface area contributed by atoms with Gasteiger partial charge in [0, 0.05) is 6.54 Å². The van der Waals surface area contributed by atoms with Crippen LogP contribution in [0.4, 0.5) is 0 Å². The summed E-state index contributed by atoms with van der Waals surface area (Å²) in [5, 5.41) is 0. The molecule has 1 rings (SSSR count). The van der Waals surface area contributed by atoms with Crippen LogP contribution in [-0.2, 0) is 0 Å². The van der Waals surface area contributed by atoms with E-state index in [-0.39, 0.29) is 0 Å². The van der Waals surface area contributed by atoms with Gasteiger partial charge in [0.2, 0.25) is 0 Å². The second-order valence-electron chi connectivity index (χ2n) is 4.12. The molecule has 0 spiro atoms. The Bertz CT molecular complexity index is 140. The highest BCUT2D eigenvalue weighted by molar-refractivity contribution is 4.73. The number of hydrogen-bond donors (Lipinski definition) is 0. The van der Waals surface area contributed by atoms with E-state index in [1.807, 2.05) is 6.92 Å². The van der Waals surface area contributed by atoms with Gasteiger partial charge in [-0.2, -0.15) is 0 Å². The van der Waals surface area contributed by atoms with Gasteiger partial charge >= 0.3 is 0 Å². The lowest BCUT2D eigenvalue weighted by Gasteiger charge is -2.29. The lowest BCUT2D eigenvalue weighted by atomic mass is 10.0. The van der Waals surface area contributed by atoms with Gasteiger partial charge in [0.1, 0.15) is 0 Å². The minimum atomic E-state index is 0.943. The van der Waals surface area contributed by atoms with E-state index >= 15 is 0 Å². The summed E-state index contributed by atoms with van der Waals surface area (Å²) in [7, 11) is 0. The number of likely N-dealkylation sites (tertiary alicyclic amines) is 1. The largest absolute Gasteiger partial charge is 0.303 e. The Hall–Kier alpha value is -0.300. The number of piperidine rings is 1. The summed E-state index contributed by atoms with van der Waals surface area (Å²) >= 11 is 0. The van der Waals surface area contributed by atoms with Crippen LogP contribution in [0, 0.1) is 5.92 Å². The molecule has 0 unspecified atom stereocenters. The second kappa shape index (κ2) is 9.26. The van der Waals surface area contributed by atoms with Crippen molar-refractivity contribution in [3.8, 4) is 0 Å². The average Bonchev–Trinajstić information content (AvgIpc) is 2.20. The van der Waals surface area contributed by atoms with E-state index in [0.29, 0.717) is 0 Å². The van der Waals surface area contributed by atoms with Crippen LogP contribution in [0.5, 0.6) is 0 Å². The molecule has 1 aliphatic rings. The molecule has 0 radical (unpaired) electrons. The highest BCUT2D eigenvalue weighted by atomic mass is 15.1. The molecule has 0 bridgehead atoms. The fourth-order valence-corrected chi connectivity index (χ4v) is 1.81. The van der Waals surface area contributed by atoms with Crippen molar-refractivity contribution in [3.05, 3.63) is 12.2 Å². The Labute approximate surface area is 90.2 Å². The zero-order chi connectivity index (χ0) is 10.8. The maximum atomic E-state index is 2.54. The molecule has 1 fully saturated rings. The molecule has 0 amide bonds. The first-order valence-electron chi connectivity index (χ1n) is 6.08. The molecule has 0 aliphatic carbocycles. The quantitative estimate of drug-likeness (QED) is 0.610. The SMILES string of the molecule is C/C=C/CC.CCN1CCC[C@@H](C)C1. The number of nitrogens with zero attached hydrogens (tertiary/aromatic N) is 1. The van der Waals surface area contributed by atoms with E-state index in [9.17, 15) is 0 Å². The third kappa shape index (κ3) is 7.14. The first kappa shape index (κ1) is 13.7. The zero-order valence-corrected chi connectivity index (χ0v) is 10.4. The Morgan fingerprint density at radius 1 is 1.36 bits per heavy atom. The molecule has 0 aromatic rings. The van der Waals surface area contributed by atoms with Crippen molar-refractivity contribution in [2.24, 2.45) is 5.92 Å². The van der Waals surface area contributed by atoms with E-state index in [4.69, 9.17) is 0 Å². The summed E-state index contributed by atoms with van der Waals surface area (Å²) in [6, 6.07) is 0. The molecule has 1 saturated heterocycles. The molecule has 0 aromatic heterocycles. The van der Waals surface area contributed by atoms with Crippen molar-refractivity contribution in [1.29, 1.82) is 0 Å². The molecule has 1 heteroatoms. The lowest BCUT2D eigenvalue weighted by molar-refractivity contribution is 0.192. The highest BCUT2D eigenvalue weighted by Crippen LogP contribution is 2.14. The van der Waals surface area contributed by atoms with Gasteiger partial charge in [-0.15, -0.1) is 0 Å². The summed E-state index contributed by atoms with van der Waals surface area (Å²) in [5.74, 6) is 0.943. The fraction of sp³-hybridized carbons (Fsp3) is 0.846. The van der Waals surface area contributed by atoms with Crippen LogP contribution in [-0.4, -0.2) is 24.5 Å². The van der Waals surface area contributed by atoms with E-state index in [2.05, 4.69) is 37.8 Å². The smallest absolute Gasteiger partial charge is 0.000691 e. The van der Waals surface area contributed by atoms with E-state index < -0.39 is 0 Å². The molecule has 1 nitrogen and oxygen atoms in total.